The van der Waals surface area contributed by atoms with Crippen LogP contribution >= 0.6 is 11.6 Å². The van der Waals surface area contributed by atoms with E-state index in [0.717, 1.165) is 24.3 Å². The van der Waals surface area contributed by atoms with E-state index in [9.17, 15) is 0 Å². The Labute approximate surface area is 112 Å². The van der Waals surface area contributed by atoms with Gasteiger partial charge in [-0.05, 0) is 43.4 Å². The van der Waals surface area contributed by atoms with E-state index in [0.29, 0.717) is 16.9 Å². The predicted octanol–water partition coefficient (Wildman–Crippen LogP) is 2.99. The van der Waals surface area contributed by atoms with Crippen LogP contribution in [0.2, 0.25) is 5.02 Å². The van der Waals surface area contributed by atoms with Gasteiger partial charge in [0.05, 0.1) is 13.3 Å². The van der Waals surface area contributed by atoms with Gasteiger partial charge in [-0.1, -0.05) is 11.6 Å². The van der Waals surface area contributed by atoms with E-state index >= 15 is 0 Å². The lowest BCUT2D eigenvalue weighted by Crippen LogP contribution is -2.19. The molecular formula is C13H18ClN3O. The fraction of sp³-hybridized carbons (Fsp3) is 0.692. The molecule has 0 saturated heterocycles. The van der Waals surface area contributed by atoms with Crippen molar-refractivity contribution >= 4 is 17.4 Å². The van der Waals surface area contributed by atoms with Gasteiger partial charge < -0.3 is 10.1 Å². The summed E-state index contributed by atoms with van der Waals surface area (Å²) in [6.45, 7) is 0.967. The van der Waals surface area contributed by atoms with Crippen LogP contribution in [0, 0.1) is 17.8 Å². The van der Waals surface area contributed by atoms with Crippen molar-refractivity contribution in [3.63, 3.8) is 0 Å². The first-order chi connectivity index (χ1) is 8.78. The third-order valence-electron chi connectivity index (χ3n) is 3.86. The van der Waals surface area contributed by atoms with Crippen molar-refractivity contribution in [3.8, 4) is 6.01 Å². The third-order valence-corrected chi connectivity index (χ3v) is 4.14. The SMILES string of the molecule is COc1ncc(Cl)c(NCC(C2CC2)C2CC2)n1. The molecule has 0 bridgehead atoms. The van der Waals surface area contributed by atoms with Crippen LogP contribution in [0.4, 0.5) is 5.82 Å². The lowest BCUT2D eigenvalue weighted by molar-refractivity contribution is 0.380. The molecule has 3 rings (SSSR count). The largest absolute Gasteiger partial charge is 0.467 e. The van der Waals surface area contributed by atoms with Crippen molar-refractivity contribution in [1.82, 2.24) is 9.97 Å². The number of anilines is 1. The van der Waals surface area contributed by atoms with E-state index in [2.05, 4.69) is 15.3 Å². The first-order valence-corrected chi connectivity index (χ1v) is 6.96. The minimum Gasteiger partial charge on any atom is -0.467 e. The molecule has 2 saturated carbocycles. The number of aromatic nitrogens is 2. The van der Waals surface area contributed by atoms with Crippen molar-refractivity contribution < 1.29 is 4.74 Å². The molecule has 0 atom stereocenters. The van der Waals surface area contributed by atoms with E-state index in [4.69, 9.17) is 16.3 Å². The molecule has 0 amide bonds. The number of nitrogens with one attached hydrogen (secondary N) is 1. The summed E-state index contributed by atoms with van der Waals surface area (Å²) in [5, 5.41) is 3.92. The Kier molecular flexibility index (Phi) is 3.29. The van der Waals surface area contributed by atoms with Crippen LogP contribution in [0.3, 0.4) is 0 Å². The van der Waals surface area contributed by atoms with E-state index in [1.165, 1.54) is 25.7 Å². The van der Waals surface area contributed by atoms with Crippen LogP contribution in [-0.2, 0) is 0 Å². The van der Waals surface area contributed by atoms with Crippen molar-refractivity contribution in [3.05, 3.63) is 11.2 Å². The quantitative estimate of drug-likeness (QED) is 0.861. The van der Waals surface area contributed by atoms with Crippen LogP contribution < -0.4 is 10.1 Å². The van der Waals surface area contributed by atoms with E-state index in [1.807, 2.05) is 0 Å². The van der Waals surface area contributed by atoms with E-state index in [-0.39, 0.29) is 0 Å². The molecule has 1 aromatic rings. The molecule has 5 heteroatoms. The normalized spacial score (nSPS) is 19.1. The number of hydrogen-bond acceptors (Lipinski definition) is 4. The van der Waals surface area contributed by atoms with Crippen molar-refractivity contribution in [2.24, 2.45) is 17.8 Å². The van der Waals surface area contributed by atoms with Gasteiger partial charge >= 0.3 is 6.01 Å². The summed E-state index contributed by atoms with van der Waals surface area (Å²) in [5.41, 5.74) is 0. The van der Waals surface area contributed by atoms with Crippen LogP contribution in [0.15, 0.2) is 6.20 Å². The number of ether oxygens (including phenoxy) is 1. The molecule has 2 fully saturated rings. The van der Waals surface area contributed by atoms with Crippen LogP contribution in [-0.4, -0.2) is 23.6 Å². The predicted molar refractivity (Wildman–Crippen MR) is 71.0 cm³/mol. The molecule has 18 heavy (non-hydrogen) atoms. The van der Waals surface area contributed by atoms with Crippen molar-refractivity contribution in [2.75, 3.05) is 19.0 Å². The molecule has 0 unspecified atom stereocenters. The summed E-state index contributed by atoms with van der Waals surface area (Å²) in [7, 11) is 1.56. The number of nitrogens with zero attached hydrogens (tertiary/aromatic N) is 2. The number of methoxy groups -OCH3 is 1. The van der Waals surface area contributed by atoms with Crippen LogP contribution in [0.1, 0.15) is 25.7 Å². The molecular weight excluding hydrogens is 250 g/mol. The molecule has 0 aromatic carbocycles. The van der Waals surface area contributed by atoms with Crippen molar-refractivity contribution in [1.29, 1.82) is 0 Å². The van der Waals surface area contributed by atoms with Crippen LogP contribution in [0.5, 0.6) is 6.01 Å². The van der Waals surface area contributed by atoms with E-state index < -0.39 is 0 Å². The highest BCUT2D eigenvalue weighted by molar-refractivity contribution is 6.32. The first kappa shape index (κ1) is 12.0. The van der Waals surface area contributed by atoms with Gasteiger partial charge in [0, 0.05) is 6.54 Å². The average Bonchev–Trinajstić information content (AvgIpc) is 3.25. The third kappa shape index (κ3) is 2.69. The first-order valence-electron chi connectivity index (χ1n) is 6.58. The fourth-order valence-electron chi connectivity index (χ4n) is 2.55. The Morgan fingerprint density at radius 3 is 2.61 bits per heavy atom. The maximum Gasteiger partial charge on any atom is 0.318 e. The molecule has 2 aliphatic rings. The van der Waals surface area contributed by atoms with Gasteiger partial charge in [0.25, 0.3) is 0 Å². The topological polar surface area (TPSA) is 47.0 Å². The molecule has 1 aromatic heterocycles. The van der Waals surface area contributed by atoms with E-state index in [1.54, 1.807) is 13.3 Å². The lowest BCUT2D eigenvalue weighted by atomic mass is 9.98. The Hall–Kier alpha value is -1.03. The summed E-state index contributed by atoms with van der Waals surface area (Å²) >= 11 is 6.08. The Morgan fingerprint density at radius 1 is 1.39 bits per heavy atom. The molecule has 1 heterocycles. The summed E-state index contributed by atoms with van der Waals surface area (Å²) in [6.07, 6.45) is 7.15. The summed E-state index contributed by atoms with van der Waals surface area (Å²) in [5.74, 6) is 3.33. The standard InChI is InChI=1S/C13H18ClN3O/c1-18-13-16-7-11(14)12(17-13)15-6-10(8-2-3-8)9-4-5-9/h7-10H,2-6H2,1H3,(H,15,16,17). The number of rotatable bonds is 6. The summed E-state index contributed by atoms with van der Waals surface area (Å²) < 4.78 is 5.02. The molecule has 2 aliphatic carbocycles. The summed E-state index contributed by atoms with van der Waals surface area (Å²) in [4.78, 5) is 8.22. The minimum atomic E-state index is 0.358. The smallest absolute Gasteiger partial charge is 0.318 e. The van der Waals surface area contributed by atoms with Gasteiger partial charge in [-0.3, -0.25) is 0 Å². The molecule has 1 N–H and O–H groups in total. The zero-order valence-corrected chi connectivity index (χ0v) is 11.3. The van der Waals surface area contributed by atoms with Crippen molar-refractivity contribution in [2.45, 2.75) is 25.7 Å². The zero-order valence-electron chi connectivity index (χ0n) is 10.5. The number of halogens is 1. The minimum absolute atomic E-state index is 0.358. The van der Waals surface area contributed by atoms with Gasteiger partial charge in [0.1, 0.15) is 5.02 Å². The number of hydrogen-bond donors (Lipinski definition) is 1. The van der Waals surface area contributed by atoms with Gasteiger partial charge in [0.15, 0.2) is 5.82 Å². The zero-order chi connectivity index (χ0) is 12.5. The van der Waals surface area contributed by atoms with Gasteiger partial charge in [-0.2, -0.15) is 4.98 Å². The highest BCUT2D eigenvalue weighted by Gasteiger charge is 2.41. The maximum atomic E-state index is 6.08. The molecule has 0 spiro atoms. The van der Waals surface area contributed by atoms with Gasteiger partial charge in [-0.15, -0.1) is 0 Å². The Balaban J connectivity index is 1.64. The van der Waals surface area contributed by atoms with Gasteiger partial charge in [-0.25, -0.2) is 4.98 Å². The maximum absolute atomic E-state index is 6.08. The second kappa shape index (κ2) is 4.92. The highest BCUT2D eigenvalue weighted by Crippen LogP contribution is 2.49. The van der Waals surface area contributed by atoms with Crippen LogP contribution in [0.25, 0.3) is 0 Å². The van der Waals surface area contributed by atoms with Gasteiger partial charge in [0.2, 0.25) is 0 Å². The molecule has 4 nitrogen and oxygen atoms in total. The average molecular weight is 268 g/mol. The second-order valence-electron chi connectivity index (χ2n) is 5.27. The Bertz CT molecular complexity index is 420. The monoisotopic (exact) mass is 267 g/mol. The summed E-state index contributed by atoms with van der Waals surface area (Å²) in [6, 6.07) is 0.358. The molecule has 0 radical (unpaired) electrons. The highest BCUT2D eigenvalue weighted by atomic mass is 35.5. The lowest BCUT2D eigenvalue weighted by Gasteiger charge is -2.17. The second-order valence-corrected chi connectivity index (χ2v) is 5.68. The molecule has 98 valence electrons. The molecule has 0 aliphatic heterocycles. The Morgan fingerprint density at radius 2 is 2.06 bits per heavy atom. The fourth-order valence-corrected chi connectivity index (χ4v) is 2.71.